The highest BCUT2D eigenvalue weighted by atomic mass is 32.2. The molecule has 1 fully saturated rings. The molecule has 0 radical (unpaired) electrons. The van der Waals surface area contributed by atoms with E-state index in [1.54, 1.807) is 11.8 Å². The Balaban J connectivity index is 1.61. The molecule has 1 aliphatic rings. The smallest absolute Gasteiger partial charge is 0.129 e. The van der Waals surface area contributed by atoms with Gasteiger partial charge in [0.2, 0.25) is 0 Å². The van der Waals surface area contributed by atoms with Gasteiger partial charge in [0.1, 0.15) is 12.3 Å². The van der Waals surface area contributed by atoms with Crippen molar-refractivity contribution in [1.29, 1.82) is 0 Å². The topological polar surface area (TPSA) is 24.8 Å². The van der Waals surface area contributed by atoms with Crippen LogP contribution < -0.4 is 0 Å². The highest BCUT2D eigenvalue weighted by molar-refractivity contribution is 7.98. The summed E-state index contributed by atoms with van der Waals surface area (Å²) in [5.74, 6) is 0. The van der Waals surface area contributed by atoms with Crippen molar-refractivity contribution in [2.75, 3.05) is 32.5 Å². The fraction of sp³-hybridized carbons (Fsp3) is 0.320. The number of piperidine rings is 1. The number of oxime groups is 1. The molecule has 0 aliphatic carbocycles. The zero-order chi connectivity index (χ0) is 19.9. The first-order valence-electron chi connectivity index (χ1n) is 10.4. The molecule has 3 aromatic rings. The van der Waals surface area contributed by atoms with E-state index in [0.717, 1.165) is 23.4 Å². The third kappa shape index (κ3) is 5.01. The number of rotatable bonds is 7. The third-order valence-corrected chi connectivity index (χ3v) is 6.26. The number of thioether (sulfide) groups is 1. The molecule has 0 aromatic heterocycles. The van der Waals surface area contributed by atoms with Crippen LogP contribution in [0.5, 0.6) is 0 Å². The SMILES string of the molecule is CSc1ccc(/C(=N\OCCN2CCCCC2)c2cccc3ccccc23)cc1. The van der Waals surface area contributed by atoms with Gasteiger partial charge in [0.25, 0.3) is 0 Å². The first kappa shape index (κ1) is 20.0. The van der Waals surface area contributed by atoms with E-state index >= 15 is 0 Å². The maximum atomic E-state index is 5.85. The van der Waals surface area contributed by atoms with Crippen molar-refractivity contribution in [3.63, 3.8) is 0 Å². The van der Waals surface area contributed by atoms with E-state index in [2.05, 4.69) is 83.0 Å². The number of hydrogen-bond acceptors (Lipinski definition) is 4. The van der Waals surface area contributed by atoms with E-state index in [9.17, 15) is 0 Å². The highest BCUT2D eigenvalue weighted by Crippen LogP contribution is 2.24. The summed E-state index contributed by atoms with van der Waals surface area (Å²) in [4.78, 5) is 9.58. The number of benzene rings is 3. The van der Waals surface area contributed by atoms with E-state index in [-0.39, 0.29) is 0 Å². The predicted octanol–water partition coefficient (Wildman–Crippen LogP) is 5.82. The maximum Gasteiger partial charge on any atom is 0.129 e. The van der Waals surface area contributed by atoms with Crippen molar-refractivity contribution >= 4 is 28.2 Å². The number of likely N-dealkylation sites (tertiary alicyclic amines) is 1. The Morgan fingerprint density at radius 3 is 2.48 bits per heavy atom. The van der Waals surface area contributed by atoms with E-state index in [1.165, 1.54) is 48.0 Å². The fourth-order valence-electron chi connectivity index (χ4n) is 3.90. The Morgan fingerprint density at radius 2 is 1.69 bits per heavy atom. The summed E-state index contributed by atoms with van der Waals surface area (Å²) in [5.41, 5.74) is 3.09. The molecule has 0 saturated carbocycles. The molecule has 1 heterocycles. The lowest BCUT2D eigenvalue weighted by atomic mass is 9.97. The van der Waals surface area contributed by atoms with Crippen LogP contribution in [0.25, 0.3) is 10.8 Å². The maximum absolute atomic E-state index is 5.85. The Labute approximate surface area is 177 Å². The van der Waals surface area contributed by atoms with Crippen LogP contribution >= 0.6 is 11.8 Å². The second kappa shape index (κ2) is 9.95. The van der Waals surface area contributed by atoms with Crippen LogP contribution in [-0.2, 0) is 4.84 Å². The van der Waals surface area contributed by atoms with E-state index in [0.29, 0.717) is 6.61 Å². The minimum Gasteiger partial charge on any atom is -0.394 e. The Kier molecular flexibility index (Phi) is 6.86. The van der Waals surface area contributed by atoms with Gasteiger partial charge in [0.05, 0.1) is 0 Å². The Bertz CT molecular complexity index is 957. The number of fused-ring (bicyclic) bond motifs is 1. The average Bonchev–Trinajstić information content (AvgIpc) is 2.80. The van der Waals surface area contributed by atoms with Crippen LogP contribution in [0.4, 0.5) is 0 Å². The van der Waals surface area contributed by atoms with Crippen LogP contribution in [0.15, 0.2) is 76.8 Å². The summed E-state index contributed by atoms with van der Waals surface area (Å²) in [6.07, 6.45) is 6.05. The molecular formula is C25H28N2OS. The van der Waals surface area contributed by atoms with E-state index in [4.69, 9.17) is 4.84 Å². The molecule has 4 heteroatoms. The van der Waals surface area contributed by atoms with Crippen molar-refractivity contribution in [2.24, 2.45) is 5.16 Å². The van der Waals surface area contributed by atoms with Gasteiger partial charge in [-0.05, 0) is 55.1 Å². The zero-order valence-electron chi connectivity index (χ0n) is 17.0. The number of hydrogen-bond donors (Lipinski definition) is 0. The van der Waals surface area contributed by atoms with Gasteiger partial charge < -0.3 is 4.84 Å². The lowest BCUT2D eigenvalue weighted by Crippen LogP contribution is -2.32. The van der Waals surface area contributed by atoms with Crippen molar-refractivity contribution in [3.05, 3.63) is 77.9 Å². The lowest BCUT2D eigenvalue weighted by molar-refractivity contribution is 0.103. The standard InChI is InChI=1S/C25H28N2OS/c1-29-22-14-12-21(13-15-22)25(26-28-19-18-27-16-5-2-6-17-27)24-11-7-9-20-8-3-4-10-23(20)24/h3-4,7-15H,2,5-6,16-19H2,1H3/b26-25+. The predicted molar refractivity (Wildman–Crippen MR) is 124 cm³/mol. The summed E-state index contributed by atoms with van der Waals surface area (Å²) in [7, 11) is 0. The van der Waals surface area contributed by atoms with Crippen LogP contribution in [0, 0.1) is 0 Å². The molecule has 3 nitrogen and oxygen atoms in total. The Morgan fingerprint density at radius 1 is 0.931 bits per heavy atom. The largest absolute Gasteiger partial charge is 0.394 e. The molecule has 150 valence electrons. The summed E-state index contributed by atoms with van der Waals surface area (Å²) in [5, 5.41) is 7.05. The minimum atomic E-state index is 0.622. The van der Waals surface area contributed by atoms with Gasteiger partial charge in [-0.25, -0.2) is 0 Å². The first-order valence-corrected chi connectivity index (χ1v) is 11.6. The molecule has 0 unspecified atom stereocenters. The Hall–Kier alpha value is -2.30. The van der Waals surface area contributed by atoms with Gasteiger partial charge in [0.15, 0.2) is 0 Å². The second-order valence-corrected chi connectivity index (χ2v) is 8.31. The summed E-state index contributed by atoms with van der Waals surface area (Å²) in [6, 6.07) is 23.4. The van der Waals surface area contributed by atoms with Crippen molar-refractivity contribution < 1.29 is 4.84 Å². The first-order chi connectivity index (χ1) is 14.3. The fourth-order valence-corrected chi connectivity index (χ4v) is 4.31. The normalized spacial score (nSPS) is 15.6. The molecule has 29 heavy (non-hydrogen) atoms. The quantitative estimate of drug-likeness (QED) is 0.215. The summed E-state index contributed by atoms with van der Waals surface area (Å²) >= 11 is 1.75. The highest BCUT2D eigenvalue weighted by Gasteiger charge is 2.13. The number of nitrogens with zero attached hydrogens (tertiary/aromatic N) is 2. The zero-order valence-corrected chi connectivity index (χ0v) is 17.8. The van der Waals surface area contributed by atoms with Crippen LogP contribution in [-0.4, -0.2) is 43.1 Å². The van der Waals surface area contributed by atoms with Gasteiger partial charge in [0, 0.05) is 22.6 Å². The molecule has 1 saturated heterocycles. The molecule has 0 spiro atoms. The average molecular weight is 405 g/mol. The van der Waals surface area contributed by atoms with Crippen molar-refractivity contribution in [1.82, 2.24) is 4.90 Å². The van der Waals surface area contributed by atoms with Gasteiger partial charge in [-0.3, -0.25) is 4.90 Å². The molecule has 4 rings (SSSR count). The molecule has 3 aromatic carbocycles. The van der Waals surface area contributed by atoms with Gasteiger partial charge >= 0.3 is 0 Å². The van der Waals surface area contributed by atoms with Crippen molar-refractivity contribution in [2.45, 2.75) is 24.2 Å². The molecule has 1 aliphatic heterocycles. The second-order valence-electron chi connectivity index (χ2n) is 7.43. The van der Waals surface area contributed by atoms with Crippen LogP contribution in [0.2, 0.25) is 0 Å². The monoisotopic (exact) mass is 404 g/mol. The van der Waals surface area contributed by atoms with Gasteiger partial charge in [-0.15, -0.1) is 11.8 Å². The molecule has 0 bridgehead atoms. The summed E-state index contributed by atoms with van der Waals surface area (Å²) in [6.45, 7) is 3.92. The molecule has 0 atom stereocenters. The van der Waals surface area contributed by atoms with E-state index < -0.39 is 0 Å². The van der Waals surface area contributed by atoms with E-state index in [1.807, 2.05) is 0 Å². The van der Waals surface area contributed by atoms with Gasteiger partial charge in [-0.1, -0.05) is 66.2 Å². The lowest BCUT2D eigenvalue weighted by Gasteiger charge is -2.25. The minimum absolute atomic E-state index is 0.622. The molecule has 0 N–H and O–H groups in total. The van der Waals surface area contributed by atoms with Crippen LogP contribution in [0.3, 0.4) is 0 Å². The van der Waals surface area contributed by atoms with Crippen molar-refractivity contribution in [3.8, 4) is 0 Å². The van der Waals surface area contributed by atoms with Crippen LogP contribution in [0.1, 0.15) is 30.4 Å². The molecule has 0 amide bonds. The summed E-state index contributed by atoms with van der Waals surface area (Å²) < 4.78 is 0. The van der Waals surface area contributed by atoms with Gasteiger partial charge in [-0.2, -0.15) is 0 Å². The third-order valence-electron chi connectivity index (χ3n) is 5.51. The molecular weight excluding hydrogens is 376 g/mol.